The molecule has 2 aromatic carbocycles. The maximum absolute atomic E-state index is 13.9. The van der Waals surface area contributed by atoms with Gasteiger partial charge in [-0.05, 0) is 24.6 Å². The van der Waals surface area contributed by atoms with Gasteiger partial charge in [-0.3, -0.25) is 4.79 Å². The van der Waals surface area contributed by atoms with Crippen molar-refractivity contribution in [3.05, 3.63) is 65.5 Å². The van der Waals surface area contributed by atoms with Gasteiger partial charge in [0.2, 0.25) is 0 Å². The van der Waals surface area contributed by atoms with Gasteiger partial charge in [-0.2, -0.15) is 0 Å². The average molecular weight is 345 g/mol. The summed E-state index contributed by atoms with van der Waals surface area (Å²) < 4.78 is 23.9. The van der Waals surface area contributed by atoms with Crippen LogP contribution < -0.4 is 4.74 Å². The van der Waals surface area contributed by atoms with Gasteiger partial charge in [-0.15, -0.1) is 0 Å². The van der Waals surface area contributed by atoms with Crippen molar-refractivity contribution in [2.45, 2.75) is 19.6 Å². The van der Waals surface area contributed by atoms with E-state index in [1.54, 1.807) is 7.05 Å². The highest BCUT2D eigenvalue weighted by Crippen LogP contribution is 2.18. The Morgan fingerprint density at radius 3 is 2.44 bits per heavy atom. The maximum Gasteiger partial charge on any atom is 0.341 e. The Balaban J connectivity index is 1.99. The Hall–Kier alpha value is -2.89. The fourth-order valence-electron chi connectivity index (χ4n) is 2.31. The van der Waals surface area contributed by atoms with Crippen LogP contribution in [0.1, 0.15) is 22.8 Å². The van der Waals surface area contributed by atoms with Crippen LogP contribution in [0.25, 0.3) is 0 Å². The van der Waals surface area contributed by atoms with E-state index in [0.717, 1.165) is 11.6 Å². The normalized spacial score (nSPS) is 11.5. The Morgan fingerprint density at radius 2 is 1.84 bits per heavy atom. The molecule has 0 fully saturated rings. The van der Waals surface area contributed by atoms with Crippen LogP contribution in [0.5, 0.6) is 5.75 Å². The van der Waals surface area contributed by atoms with Gasteiger partial charge in [0, 0.05) is 19.7 Å². The topological polar surface area (TPSA) is 55.8 Å². The van der Waals surface area contributed by atoms with Crippen molar-refractivity contribution in [1.82, 2.24) is 4.90 Å². The minimum absolute atomic E-state index is 0.244. The number of likely N-dealkylation sites (N-methyl/N-ethyl adjacent to an activating group) is 1. The molecule has 0 bridgehead atoms. The minimum Gasteiger partial charge on any atom is -0.497 e. The first-order valence-electron chi connectivity index (χ1n) is 7.75. The molecular formula is C19H20FNO4. The van der Waals surface area contributed by atoms with E-state index in [1.165, 1.54) is 31.1 Å². The SMILES string of the molecule is COc1ccc(C(=O)O[C@@H](C)C(=O)N(C)Cc2ccccc2)c(F)c1. The number of halogens is 1. The second-order valence-electron chi connectivity index (χ2n) is 5.57. The lowest BCUT2D eigenvalue weighted by Crippen LogP contribution is -2.37. The average Bonchev–Trinajstić information content (AvgIpc) is 2.61. The predicted octanol–water partition coefficient (Wildman–Crippen LogP) is 3.04. The third-order valence-electron chi connectivity index (χ3n) is 3.67. The number of carbonyl (C=O) groups excluding carboxylic acids is 2. The van der Waals surface area contributed by atoms with Gasteiger partial charge in [0.25, 0.3) is 5.91 Å². The summed E-state index contributed by atoms with van der Waals surface area (Å²) in [5.74, 6) is -1.73. The molecule has 5 nitrogen and oxygen atoms in total. The molecular weight excluding hydrogens is 325 g/mol. The van der Waals surface area contributed by atoms with Crippen LogP contribution in [0, 0.1) is 5.82 Å². The molecule has 0 aliphatic heterocycles. The molecule has 1 atom stereocenters. The molecule has 0 aliphatic rings. The number of hydrogen-bond acceptors (Lipinski definition) is 4. The predicted molar refractivity (Wildman–Crippen MR) is 90.7 cm³/mol. The molecule has 132 valence electrons. The minimum atomic E-state index is -1.03. The third-order valence-corrected chi connectivity index (χ3v) is 3.67. The first-order chi connectivity index (χ1) is 11.9. The van der Waals surface area contributed by atoms with Crippen molar-refractivity contribution in [3.63, 3.8) is 0 Å². The number of rotatable bonds is 6. The lowest BCUT2D eigenvalue weighted by Gasteiger charge is -2.21. The number of nitrogens with zero attached hydrogens (tertiary/aromatic N) is 1. The summed E-state index contributed by atoms with van der Waals surface area (Å²) in [6, 6.07) is 13.2. The summed E-state index contributed by atoms with van der Waals surface area (Å²) in [7, 11) is 3.02. The van der Waals surface area contributed by atoms with Crippen molar-refractivity contribution in [3.8, 4) is 5.75 Å². The third kappa shape index (κ3) is 4.79. The van der Waals surface area contributed by atoms with E-state index < -0.39 is 17.9 Å². The van der Waals surface area contributed by atoms with Gasteiger partial charge < -0.3 is 14.4 Å². The second-order valence-corrected chi connectivity index (χ2v) is 5.57. The smallest absolute Gasteiger partial charge is 0.341 e. The highest BCUT2D eigenvalue weighted by Gasteiger charge is 2.24. The van der Waals surface area contributed by atoms with E-state index in [1.807, 2.05) is 30.3 Å². The van der Waals surface area contributed by atoms with Crippen LogP contribution >= 0.6 is 0 Å². The van der Waals surface area contributed by atoms with Gasteiger partial charge in [0.05, 0.1) is 12.7 Å². The Bertz CT molecular complexity index is 748. The number of amides is 1. The van der Waals surface area contributed by atoms with Gasteiger partial charge in [-0.25, -0.2) is 9.18 Å². The van der Waals surface area contributed by atoms with E-state index in [9.17, 15) is 14.0 Å². The summed E-state index contributed by atoms with van der Waals surface area (Å²) >= 11 is 0. The molecule has 0 aromatic heterocycles. The molecule has 0 saturated heterocycles. The van der Waals surface area contributed by atoms with Crippen LogP contribution in [0.4, 0.5) is 4.39 Å². The monoisotopic (exact) mass is 345 g/mol. The summed E-state index contributed by atoms with van der Waals surface area (Å²) in [5, 5.41) is 0. The highest BCUT2D eigenvalue weighted by molar-refractivity contribution is 5.92. The van der Waals surface area contributed by atoms with Crippen molar-refractivity contribution < 1.29 is 23.5 Å². The van der Waals surface area contributed by atoms with E-state index in [-0.39, 0.29) is 11.5 Å². The summed E-state index contributed by atoms with van der Waals surface area (Å²) in [5.41, 5.74) is 0.712. The van der Waals surface area contributed by atoms with Crippen LogP contribution in [-0.2, 0) is 16.1 Å². The van der Waals surface area contributed by atoms with E-state index in [0.29, 0.717) is 12.3 Å². The van der Waals surface area contributed by atoms with E-state index in [4.69, 9.17) is 9.47 Å². The fraction of sp³-hybridized carbons (Fsp3) is 0.263. The van der Waals surface area contributed by atoms with Crippen LogP contribution in [0.2, 0.25) is 0 Å². The molecule has 2 rings (SSSR count). The lowest BCUT2D eigenvalue weighted by atomic mass is 10.2. The maximum atomic E-state index is 13.9. The molecule has 25 heavy (non-hydrogen) atoms. The fourth-order valence-corrected chi connectivity index (χ4v) is 2.31. The summed E-state index contributed by atoms with van der Waals surface area (Å²) in [6.07, 6.45) is -1.03. The quantitative estimate of drug-likeness (QED) is 0.755. The zero-order chi connectivity index (χ0) is 18.4. The van der Waals surface area contributed by atoms with Crippen molar-refractivity contribution in [2.75, 3.05) is 14.2 Å². The molecule has 1 amide bonds. The second kappa shape index (κ2) is 8.28. The van der Waals surface area contributed by atoms with Crippen molar-refractivity contribution >= 4 is 11.9 Å². The lowest BCUT2D eigenvalue weighted by molar-refractivity contribution is -0.139. The molecule has 0 unspecified atom stereocenters. The molecule has 0 saturated carbocycles. The van der Waals surface area contributed by atoms with Gasteiger partial charge in [0.1, 0.15) is 11.6 Å². The zero-order valence-electron chi connectivity index (χ0n) is 14.4. The number of methoxy groups -OCH3 is 1. The summed E-state index contributed by atoms with van der Waals surface area (Å²) in [6.45, 7) is 1.85. The molecule has 6 heteroatoms. The molecule has 0 aliphatic carbocycles. The van der Waals surface area contributed by atoms with Gasteiger partial charge >= 0.3 is 5.97 Å². The van der Waals surface area contributed by atoms with Gasteiger partial charge in [0.15, 0.2) is 6.10 Å². The number of ether oxygens (including phenoxy) is 2. The van der Waals surface area contributed by atoms with Crippen molar-refractivity contribution in [2.24, 2.45) is 0 Å². The molecule has 0 spiro atoms. The number of hydrogen-bond donors (Lipinski definition) is 0. The van der Waals surface area contributed by atoms with Crippen LogP contribution in [0.15, 0.2) is 48.5 Å². The van der Waals surface area contributed by atoms with Crippen molar-refractivity contribution in [1.29, 1.82) is 0 Å². The number of benzene rings is 2. The van der Waals surface area contributed by atoms with Gasteiger partial charge in [-0.1, -0.05) is 30.3 Å². The molecule has 2 aromatic rings. The number of carbonyl (C=O) groups is 2. The molecule has 0 radical (unpaired) electrons. The Morgan fingerprint density at radius 1 is 1.16 bits per heavy atom. The number of esters is 1. The van der Waals surface area contributed by atoms with Crippen LogP contribution in [0.3, 0.4) is 0 Å². The Kier molecular flexibility index (Phi) is 6.11. The Labute approximate surface area is 146 Å². The standard InChI is InChI=1S/C19H20FNO4/c1-13(18(22)21(2)12-14-7-5-4-6-8-14)25-19(23)16-10-9-15(24-3)11-17(16)20/h4-11,13H,12H2,1-3H3/t13-/m0/s1. The first kappa shape index (κ1) is 18.4. The van der Waals surface area contributed by atoms with Crippen LogP contribution in [-0.4, -0.2) is 37.0 Å². The summed E-state index contributed by atoms with van der Waals surface area (Å²) in [4.78, 5) is 25.9. The molecule has 0 heterocycles. The first-order valence-corrected chi connectivity index (χ1v) is 7.75. The zero-order valence-corrected chi connectivity index (χ0v) is 14.4. The largest absolute Gasteiger partial charge is 0.497 e. The molecule has 0 N–H and O–H groups in total. The van der Waals surface area contributed by atoms with E-state index in [2.05, 4.69) is 0 Å². The van der Waals surface area contributed by atoms with E-state index >= 15 is 0 Å². The highest BCUT2D eigenvalue weighted by atomic mass is 19.1.